The van der Waals surface area contributed by atoms with Crippen LogP contribution in [-0.4, -0.2) is 94.0 Å². The van der Waals surface area contributed by atoms with Gasteiger partial charge in [0, 0.05) is 70.5 Å². The Morgan fingerprint density at radius 1 is 0.878 bits per heavy atom. The summed E-state index contributed by atoms with van der Waals surface area (Å²) in [5.41, 5.74) is 1.73. The standard InChI is InChI=1S/C32H41N5O3S/c1-4-5-14-34-15-17-37(18-16-34)32(38)28-11-13-31(36-21-19-35(20-22-36)25(2)3)30(24-28)33-41(39,40)29-12-10-26-8-6-7-9-27(26)23-29/h4-13,23-25,33H,14-22H2,1-3H3. The van der Waals surface area contributed by atoms with Crippen LogP contribution in [-0.2, 0) is 10.0 Å². The van der Waals surface area contributed by atoms with Gasteiger partial charge in [-0.15, -0.1) is 0 Å². The molecule has 5 rings (SSSR count). The molecule has 0 aromatic heterocycles. The summed E-state index contributed by atoms with van der Waals surface area (Å²) in [5.74, 6) is -0.0713. The number of amides is 1. The molecule has 2 heterocycles. The van der Waals surface area contributed by atoms with Gasteiger partial charge in [-0.05, 0) is 61.9 Å². The van der Waals surface area contributed by atoms with Crippen LogP contribution in [0.4, 0.5) is 11.4 Å². The summed E-state index contributed by atoms with van der Waals surface area (Å²) in [5, 5.41) is 1.84. The van der Waals surface area contributed by atoms with E-state index in [-0.39, 0.29) is 10.8 Å². The van der Waals surface area contributed by atoms with Gasteiger partial charge < -0.3 is 9.80 Å². The average molecular weight is 576 g/mol. The van der Waals surface area contributed by atoms with Crippen molar-refractivity contribution in [2.24, 2.45) is 0 Å². The van der Waals surface area contributed by atoms with Crippen LogP contribution in [0.15, 0.2) is 77.7 Å². The molecule has 1 amide bonds. The van der Waals surface area contributed by atoms with Gasteiger partial charge in [0.1, 0.15) is 0 Å². The van der Waals surface area contributed by atoms with Crippen molar-refractivity contribution in [2.45, 2.75) is 31.7 Å². The Hall–Kier alpha value is -3.40. The number of carbonyl (C=O) groups is 1. The second-order valence-corrected chi connectivity index (χ2v) is 12.8. The Balaban J connectivity index is 1.42. The van der Waals surface area contributed by atoms with E-state index in [2.05, 4.69) is 39.3 Å². The number of rotatable bonds is 8. The molecular formula is C32H41N5O3S. The zero-order chi connectivity index (χ0) is 29.0. The van der Waals surface area contributed by atoms with Crippen molar-refractivity contribution >= 4 is 38.1 Å². The number of benzene rings is 3. The third kappa shape index (κ3) is 6.74. The van der Waals surface area contributed by atoms with Crippen LogP contribution in [0.1, 0.15) is 31.1 Å². The van der Waals surface area contributed by atoms with Crippen LogP contribution >= 0.6 is 0 Å². The van der Waals surface area contributed by atoms with Crippen molar-refractivity contribution in [3.05, 3.63) is 78.4 Å². The second kappa shape index (κ2) is 12.6. The lowest BCUT2D eigenvalue weighted by atomic mass is 10.1. The van der Waals surface area contributed by atoms with Gasteiger partial charge >= 0.3 is 0 Å². The summed E-state index contributed by atoms with van der Waals surface area (Å²) in [4.78, 5) is 22.6. The second-order valence-electron chi connectivity index (χ2n) is 11.1. The van der Waals surface area contributed by atoms with E-state index in [0.29, 0.717) is 30.4 Å². The highest BCUT2D eigenvalue weighted by atomic mass is 32.2. The molecule has 0 spiro atoms. The molecule has 0 saturated carbocycles. The molecule has 2 aliphatic heterocycles. The van der Waals surface area contributed by atoms with Gasteiger partial charge in [-0.2, -0.15) is 0 Å². The molecule has 1 N–H and O–H groups in total. The highest BCUT2D eigenvalue weighted by molar-refractivity contribution is 7.92. The Morgan fingerprint density at radius 3 is 2.27 bits per heavy atom. The van der Waals surface area contributed by atoms with Crippen molar-refractivity contribution in [2.75, 3.05) is 68.5 Å². The van der Waals surface area contributed by atoms with Crippen LogP contribution in [0.3, 0.4) is 0 Å². The number of nitrogens with one attached hydrogen (secondary N) is 1. The molecule has 0 bridgehead atoms. The summed E-state index contributed by atoms with van der Waals surface area (Å²) < 4.78 is 30.2. The Bertz CT molecular complexity index is 1500. The van der Waals surface area contributed by atoms with Gasteiger partial charge in [0.25, 0.3) is 15.9 Å². The van der Waals surface area contributed by atoms with Gasteiger partial charge in [-0.25, -0.2) is 8.42 Å². The maximum absolute atomic E-state index is 13.7. The molecule has 2 saturated heterocycles. The fourth-order valence-electron chi connectivity index (χ4n) is 5.61. The quantitative estimate of drug-likeness (QED) is 0.399. The van der Waals surface area contributed by atoms with E-state index in [1.165, 1.54) is 0 Å². The van der Waals surface area contributed by atoms with E-state index in [1.807, 2.05) is 60.4 Å². The zero-order valence-electron chi connectivity index (χ0n) is 24.3. The van der Waals surface area contributed by atoms with Crippen molar-refractivity contribution in [1.82, 2.24) is 14.7 Å². The van der Waals surface area contributed by atoms with Crippen LogP contribution in [0, 0.1) is 0 Å². The summed E-state index contributed by atoms with van der Waals surface area (Å²) in [6, 6.07) is 18.8. The molecule has 0 radical (unpaired) electrons. The van der Waals surface area contributed by atoms with Crippen LogP contribution in [0.25, 0.3) is 10.8 Å². The number of anilines is 2. The van der Waals surface area contributed by atoms with E-state index < -0.39 is 10.0 Å². The lowest BCUT2D eigenvalue weighted by Crippen LogP contribution is -2.49. The number of piperazine rings is 2. The minimum absolute atomic E-state index is 0.0713. The molecule has 2 aliphatic rings. The Kier molecular flexibility index (Phi) is 8.97. The van der Waals surface area contributed by atoms with Crippen molar-refractivity contribution in [3.8, 4) is 0 Å². The van der Waals surface area contributed by atoms with Crippen LogP contribution < -0.4 is 9.62 Å². The van der Waals surface area contributed by atoms with Gasteiger partial charge in [0.2, 0.25) is 0 Å². The predicted molar refractivity (Wildman–Crippen MR) is 167 cm³/mol. The van der Waals surface area contributed by atoms with E-state index >= 15 is 0 Å². The SMILES string of the molecule is CC=CCN1CCN(C(=O)c2ccc(N3CCN(C(C)C)CC3)c(NS(=O)(=O)c3ccc4ccccc4c3)c2)CC1. The van der Waals surface area contributed by atoms with E-state index in [0.717, 1.165) is 62.3 Å². The molecule has 9 heteroatoms. The minimum Gasteiger partial charge on any atom is -0.367 e. The zero-order valence-corrected chi connectivity index (χ0v) is 25.1. The molecule has 0 unspecified atom stereocenters. The first kappa shape index (κ1) is 29.1. The van der Waals surface area contributed by atoms with Crippen molar-refractivity contribution in [3.63, 3.8) is 0 Å². The summed E-state index contributed by atoms with van der Waals surface area (Å²) in [7, 11) is -3.90. The monoisotopic (exact) mass is 575 g/mol. The first-order valence-electron chi connectivity index (χ1n) is 14.5. The van der Waals surface area contributed by atoms with E-state index in [1.54, 1.807) is 18.2 Å². The normalized spacial score (nSPS) is 17.6. The van der Waals surface area contributed by atoms with E-state index in [4.69, 9.17) is 0 Å². The number of hydrogen-bond donors (Lipinski definition) is 1. The van der Waals surface area contributed by atoms with E-state index in [9.17, 15) is 13.2 Å². The smallest absolute Gasteiger partial charge is 0.261 e. The molecule has 0 aliphatic carbocycles. The lowest BCUT2D eigenvalue weighted by Gasteiger charge is -2.39. The Labute approximate surface area is 244 Å². The first-order valence-corrected chi connectivity index (χ1v) is 16.0. The number of fused-ring (bicyclic) bond motifs is 1. The number of allylic oxidation sites excluding steroid dienone is 1. The number of carbonyl (C=O) groups excluding carboxylic acids is 1. The first-order chi connectivity index (χ1) is 19.7. The summed E-state index contributed by atoms with van der Waals surface area (Å²) in [6.07, 6.45) is 4.17. The molecule has 8 nitrogen and oxygen atoms in total. The number of hydrogen-bond acceptors (Lipinski definition) is 6. The largest absolute Gasteiger partial charge is 0.367 e. The maximum Gasteiger partial charge on any atom is 0.261 e. The molecular weight excluding hydrogens is 534 g/mol. The highest BCUT2D eigenvalue weighted by Gasteiger charge is 2.26. The predicted octanol–water partition coefficient (Wildman–Crippen LogP) is 4.50. The third-order valence-electron chi connectivity index (χ3n) is 8.16. The molecule has 3 aromatic carbocycles. The minimum atomic E-state index is -3.90. The Morgan fingerprint density at radius 2 is 1.59 bits per heavy atom. The van der Waals surface area contributed by atoms with Crippen molar-refractivity contribution < 1.29 is 13.2 Å². The lowest BCUT2D eigenvalue weighted by molar-refractivity contribution is 0.0650. The average Bonchev–Trinajstić information content (AvgIpc) is 2.99. The molecule has 3 aromatic rings. The van der Waals surface area contributed by atoms with Gasteiger partial charge in [0.05, 0.1) is 16.3 Å². The fraction of sp³-hybridized carbons (Fsp3) is 0.406. The van der Waals surface area contributed by atoms with Crippen LogP contribution in [0.2, 0.25) is 0 Å². The van der Waals surface area contributed by atoms with Gasteiger partial charge in [-0.1, -0.05) is 42.5 Å². The van der Waals surface area contributed by atoms with Gasteiger partial charge in [0.15, 0.2) is 0 Å². The van der Waals surface area contributed by atoms with Crippen LogP contribution in [0.5, 0.6) is 0 Å². The highest BCUT2D eigenvalue weighted by Crippen LogP contribution is 2.32. The summed E-state index contributed by atoms with van der Waals surface area (Å²) >= 11 is 0. The molecule has 41 heavy (non-hydrogen) atoms. The molecule has 2 fully saturated rings. The third-order valence-corrected chi connectivity index (χ3v) is 9.53. The van der Waals surface area contributed by atoms with Crippen molar-refractivity contribution in [1.29, 1.82) is 0 Å². The molecule has 218 valence electrons. The van der Waals surface area contributed by atoms with Gasteiger partial charge in [-0.3, -0.25) is 19.3 Å². The number of nitrogens with zero attached hydrogens (tertiary/aromatic N) is 4. The molecule has 0 atom stereocenters. The number of sulfonamides is 1. The topological polar surface area (TPSA) is 76.2 Å². The maximum atomic E-state index is 13.7. The fourth-order valence-corrected chi connectivity index (χ4v) is 6.71. The summed E-state index contributed by atoms with van der Waals surface area (Å²) in [6.45, 7) is 13.6.